The van der Waals surface area contributed by atoms with Gasteiger partial charge in [0.15, 0.2) is 6.10 Å². The van der Waals surface area contributed by atoms with E-state index in [1.54, 1.807) is 0 Å². The molecule has 0 spiro atoms. The van der Waals surface area contributed by atoms with Crippen LogP contribution in [0.15, 0.2) is 72.9 Å². The van der Waals surface area contributed by atoms with Crippen molar-refractivity contribution < 1.29 is 28.6 Å². The van der Waals surface area contributed by atoms with Gasteiger partial charge < -0.3 is 14.2 Å². The SMILES string of the molecule is CC/C=C\C/C=C\C/C=C\C/C=C\C/C=C\CCCCCC(=O)OC(COC(=O)CCCCCCC/C=C\CCC)COC(=O)CCCCCCCCCCCCCCCCCCCCCCCCCCCCCCCCCCCCC. The summed E-state index contributed by atoms with van der Waals surface area (Å²) in [5.74, 6) is -0.917. The van der Waals surface area contributed by atoms with Crippen LogP contribution in [0.2, 0.25) is 0 Å². The minimum Gasteiger partial charge on any atom is -0.462 e. The van der Waals surface area contributed by atoms with Crippen LogP contribution < -0.4 is 0 Å². The molecule has 82 heavy (non-hydrogen) atoms. The van der Waals surface area contributed by atoms with Crippen molar-refractivity contribution in [3.8, 4) is 0 Å². The summed E-state index contributed by atoms with van der Waals surface area (Å²) in [4.78, 5) is 38.3. The lowest BCUT2D eigenvalue weighted by atomic mass is 10.0. The van der Waals surface area contributed by atoms with E-state index in [0.717, 1.165) is 116 Å². The number of rotatable bonds is 66. The summed E-state index contributed by atoms with van der Waals surface area (Å²) in [5, 5.41) is 0. The lowest BCUT2D eigenvalue weighted by Crippen LogP contribution is -2.30. The predicted molar refractivity (Wildman–Crippen MR) is 358 cm³/mol. The second-order valence-corrected chi connectivity index (χ2v) is 24.1. The molecule has 0 aliphatic heterocycles. The van der Waals surface area contributed by atoms with Crippen LogP contribution >= 0.6 is 0 Å². The number of esters is 3. The van der Waals surface area contributed by atoms with Crippen LogP contribution in [-0.4, -0.2) is 37.2 Å². The van der Waals surface area contributed by atoms with Crippen molar-refractivity contribution in [2.24, 2.45) is 0 Å². The topological polar surface area (TPSA) is 78.9 Å². The molecule has 0 bridgehead atoms. The van der Waals surface area contributed by atoms with Crippen molar-refractivity contribution in [3.05, 3.63) is 72.9 Å². The molecule has 0 radical (unpaired) electrons. The summed E-state index contributed by atoms with van der Waals surface area (Å²) >= 11 is 0. The Labute approximate surface area is 510 Å². The molecule has 6 heteroatoms. The molecule has 476 valence electrons. The standard InChI is InChI=1S/C76H136O6/c1-4-7-10-13-16-19-22-24-26-28-30-31-32-33-34-35-36-37-38-39-40-41-42-43-44-45-47-48-50-52-54-57-60-63-66-69-75(78)81-72-73(71-80-74(77)68-65-62-59-56-21-18-15-12-9-6-3)82-76(79)70-67-64-61-58-55-53-51-49-46-29-27-25-23-20-17-14-11-8-5-2/h8,11-12,15,17,20,25,27,46,49,53,55,73H,4-7,9-10,13-14,16,18-19,21-24,26,28-45,47-48,50-52,54,56-72H2,1-3H3/b11-8-,15-12-,20-17-,27-25-,49-46-,55-53-. The summed E-state index contributed by atoms with van der Waals surface area (Å²) in [6.07, 6.45) is 92.6. The normalized spacial score (nSPS) is 12.5. The largest absolute Gasteiger partial charge is 0.462 e. The lowest BCUT2D eigenvalue weighted by Gasteiger charge is -2.18. The molecule has 0 aromatic heterocycles. The molecule has 1 atom stereocenters. The Kier molecular flexibility index (Phi) is 67.6. The van der Waals surface area contributed by atoms with Gasteiger partial charge in [-0.25, -0.2) is 0 Å². The highest BCUT2D eigenvalue weighted by Gasteiger charge is 2.19. The van der Waals surface area contributed by atoms with Crippen LogP contribution in [0.25, 0.3) is 0 Å². The van der Waals surface area contributed by atoms with Crippen LogP contribution in [0.3, 0.4) is 0 Å². The van der Waals surface area contributed by atoms with Gasteiger partial charge in [0, 0.05) is 19.3 Å². The van der Waals surface area contributed by atoms with Crippen LogP contribution in [0.1, 0.15) is 374 Å². The Balaban J connectivity index is 4.06. The molecule has 0 saturated heterocycles. The summed E-state index contributed by atoms with van der Waals surface area (Å²) < 4.78 is 16.9. The molecule has 0 amide bonds. The van der Waals surface area contributed by atoms with E-state index in [1.807, 2.05) is 0 Å². The van der Waals surface area contributed by atoms with Crippen molar-refractivity contribution in [2.45, 2.75) is 380 Å². The highest BCUT2D eigenvalue weighted by Crippen LogP contribution is 2.19. The molecule has 0 fully saturated rings. The quantitative estimate of drug-likeness (QED) is 0.0261. The third-order valence-electron chi connectivity index (χ3n) is 15.9. The summed E-state index contributed by atoms with van der Waals surface area (Å²) in [6, 6.07) is 0. The fraction of sp³-hybridized carbons (Fsp3) is 0.803. The van der Waals surface area contributed by atoms with E-state index in [2.05, 4.69) is 93.7 Å². The zero-order valence-electron chi connectivity index (χ0n) is 54.8. The second kappa shape index (κ2) is 70.3. The van der Waals surface area contributed by atoms with Crippen LogP contribution in [0.5, 0.6) is 0 Å². The maximum Gasteiger partial charge on any atom is 0.306 e. The van der Waals surface area contributed by atoms with Crippen molar-refractivity contribution in [1.82, 2.24) is 0 Å². The van der Waals surface area contributed by atoms with E-state index in [1.165, 1.54) is 218 Å². The fourth-order valence-electron chi connectivity index (χ4n) is 10.6. The van der Waals surface area contributed by atoms with Gasteiger partial charge in [-0.3, -0.25) is 14.4 Å². The third kappa shape index (κ3) is 67.6. The van der Waals surface area contributed by atoms with Crippen molar-refractivity contribution in [2.75, 3.05) is 13.2 Å². The number of ether oxygens (including phenoxy) is 3. The van der Waals surface area contributed by atoms with Gasteiger partial charge in [0.1, 0.15) is 13.2 Å². The molecular formula is C76H136O6. The lowest BCUT2D eigenvalue weighted by molar-refractivity contribution is -0.167. The number of allylic oxidation sites excluding steroid dienone is 12. The van der Waals surface area contributed by atoms with Crippen LogP contribution in [-0.2, 0) is 28.6 Å². The van der Waals surface area contributed by atoms with Gasteiger partial charge in [-0.05, 0) is 83.5 Å². The van der Waals surface area contributed by atoms with Gasteiger partial charge in [0.05, 0.1) is 0 Å². The van der Waals surface area contributed by atoms with E-state index in [-0.39, 0.29) is 37.5 Å². The summed E-state index contributed by atoms with van der Waals surface area (Å²) in [5.41, 5.74) is 0. The van der Waals surface area contributed by atoms with Gasteiger partial charge in [-0.2, -0.15) is 0 Å². The van der Waals surface area contributed by atoms with Crippen LogP contribution in [0.4, 0.5) is 0 Å². The Morgan fingerprint density at radius 2 is 0.500 bits per heavy atom. The summed E-state index contributed by atoms with van der Waals surface area (Å²) in [7, 11) is 0. The van der Waals surface area contributed by atoms with Crippen molar-refractivity contribution in [1.29, 1.82) is 0 Å². The highest BCUT2D eigenvalue weighted by atomic mass is 16.6. The molecule has 1 unspecified atom stereocenters. The molecule has 6 nitrogen and oxygen atoms in total. The van der Waals surface area contributed by atoms with Crippen molar-refractivity contribution >= 4 is 17.9 Å². The Hall–Kier alpha value is -3.15. The molecule has 0 saturated carbocycles. The molecule has 0 aliphatic carbocycles. The first kappa shape index (κ1) is 78.8. The van der Waals surface area contributed by atoms with Crippen molar-refractivity contribution in [3.63, 3.8) is 0 Å². The molecule has 0 N–H and O–H groups in total. The fourth-order valence-corrected chi connectivity index (χ4v) is 10.6. The van der Waals surface area contributed by atoms with E-state index in [0.29, 0.717) is 12.8 Å². The summed E-state index contributed by atoms with van der Waals surface area (Å²) in [6.45, 7) is 6.48. The zero-order chi connectivity index (χ0) is 59.2. The molecule has 0 heterocycles. The van der Waals surface area contributed by atoms with E-state index >= 15 is 0 Å². The average Bonchev–Trinajstić information content (AvgIpc) is 3.48. The Morgan fingerprint density at radius 1 is 0.256 bits per heavy atom. The van der Waals surface area contributed by atoms with Gasteiger partial charge in [-0.1, -0.05) is 344 Å². The molecule has 0 aromatic carbocycles. The monoisotopic (exact) mass is 1150 g/mol. The molecular weight excluding hydrogens is 1010 g/mol. The van der Waals surface area contributed by atoms with Gasteiger partial charge in [0.2, 0.25) is 0 Å². The first-order valence-corrected chi connectivity index (χ1v) is 35.9. The van der Waals surface area contributed by atoms with Crippen LogP contribution in [0, 0.1) is 0 Å². The maximum atomic E-state index is 12.9. The smallest absolute Gasteiger partial charge is 0.306 e. The van der Waals surface area contributed by atoms with E-state index < -0.39 is 6.10 Å². The highest BCUT2D eigenvalue weighted by molar-refractivity contribution is 5.71. The Bertz CT molecular complexity index is 1500. The molecule has 0 aromatic rings. The number of carbonyl (C=O) groups is 3. The number of unbranched alkanes of at least 4 members (excludes halogenated alkanes) is 43. The van der Waals surface area contributed by atoms with E-state index in [9.17, 15) is 14.4 Å². The minimum atomic E-state index is -0.796. The second-order valence-electron chi connectivity index (χ2n) is 24.1. The number of hydrogen-bond donors (Lipinski definition) is 0. The minimum absolute atomic E-state index is 0.0890. The van der Waals surface area contributed by atoms with Gasteiger partial charge in [0.25, 0.3) is 0 Å². The number of hydrogen-bond acceptors (Lipinski definition) is 6. The van der Waals surface area contributed by atoms with E-state index in [4.69, 9.17) is 14.2 Å². The first-order chi connectivity index (χ1) is 40.5. The zero-order valence-corrected chi connectivity index (χ0v) is 54.8. The molecule has 0 rings (SSSR count). The Morgan fingerprint density at radius 3 is 0.817 bits per heavy atom. The average molecular weight is 1150 g/mol. The first-order valence-electron chi connectivity index (χ1n) is 35.9. The maximum absolute atomic E-state index is 12.9. The number of carbonyl (C=O) groups excluding carboxylic acids is 3. The predicted octanol–water partition coefficient (Wildman–Crippen LogP) is 24.8. The third-order valence-corrected chi connectivity index (χ3v) is 15.9. The molecule has 0 aliphatic rings. The van der Waals surface area contributed by atoms with Gasteiger partial charge >= 0.3 is 17.9 Å². The van der Waals surface area contributed by atoms with Gasteiger partial charge in [-0.15, -0.1) is 0 Å².